The predicted molar refractivity (Wildman–Crippen MR) is 142 cm³/mol. The lowest BCUT2D eigenvalue weighted by Gasteiger charge is -2.17. The lowest BCUT2D eigenvalue weighted by molar-refractivity contribution is -0.140. The van der Waals surface area contributed by atoms with Crippen LogP contribution in [0.2, 0.25) is 0 Å². The lowest BCUT2D eigenvalue weighted by Crippen LogP contribution is -2.11. The van der Waals surface area contributed by atoms with E-state index in [1.165, 1.54) is 32.9 Å². The topological polar surface area (TPSA) is 105 Å². The molecule has 0 amide bonds. The van der Waals surface area contributed by atoms with Crippen LogP contribution >= 0.6 is 0 Å². The van der Waals surface area contributed by atoms with Crippen molar-refractivity contribution in [2.45, 2.75) is 40.9 Å². The van der Waals surface area contributed by atoms with Crippen molar-refractivity contribution < 1.29 is 38.1 Å². The van der Waals surface area contributed by atoms with Crippen LogP contribution < -0.4 is 9.47 Å². The van der Waals surface area contributed by atoms with E-state index in [1.54, 1.807) is 31.2 Å². The molecule has 2 aromatic rings. The van der Waals surface area contributed by atoms with Crippen molar-refractivity contribution in [2.75, 3.05) is 0 Å². The summed E-state index contributed by atoms with van der Waals surface area (Å²) in [5.74, 6) is -2.25. The fourth-order valence-electron chi connectivity index (χ4n) is 2.91. The molecule has 0 saturated carbocycles. The zero-order valence-electron chi connectivity index (χ0n) is 22.0. The van der Waals surface area contributed by atoms with Gasteiger partial charge in [-0.25, -0.2) is 19.2 Å². The van der Waals surface area contributed by atoms with E-state index in [-0.39, 0.29) is 47.0 Å². The van der Waals surface area contributed by atoms with Gasteiger partial charge < -0.3 is 18.9 Å². The first-order valence-corrected chi connectivity index (χ1v) is 11.5. The average Bonchev–Trinajstić information content (AvgIpc) is 2.85. The quantitative estimate of drug-likeness (QED) is 0.216. The summed E-state index contributed by atoms with van der Waals surface area (Å²) in [6.07, 6.45) is 0. The molecule has 0 unspecified atom stereocenters. The fourth-order valence-corrected chi connectivity index (χ4v) is 2.91. The molecule has 38 heavy (non-hydrogen) atoms. The highest BCUT2D eigenvalue weighted by Gasteiger charge is 2.19. The number of rotatable bonds is 11. The summed E-state index contributed by atoms with van der Waals surface area (Å²) in [6.45, 7) is 20.2. The molecule has 0 spiro atoms. The Morgan fingerprint density at radius 2 is 1.11 bits per heavy atom. The zero-order chi connectivity index (χ0) is 28.6. The Balaban J connectivity index is 2.59. The number of carbonyl (C=O) groups is 4. The number of hydrogen-bond acceptors (Lipinski definition) is 8. The normalized spacial score (nSPS) is 10.1. The van der Waals surface area contributed by atoms with Gasteiger partial charge in [-0.15, -0.1) is 0 Å². The Bertz CT molecular complexity index is 1350. The Morgan fingerprint density at radius 3 is 1.66 bits per heavy atom. The number of ether oxygens (including phenoxy) is 4. The average molecular weight is 519 g/mol. The molecule has 8 heteroatoms. The zero-order valence-corrected chi connectivity index (χ0v) is 22.0. The summed E-state index contributed by atoms with van der Waals surface area (Å²) in [4.78, 5) is 48.3. The molecular weight excluding hydrogens is 488 g/mol. The predicted octanol–water partition coefficient (Wildman–Crippen LogP) is 5.56. The molecule has 2 aromatic carbocycles. The first-order valence-electron chi connectivity index (χ1n) is 11.5. The van der Waals surface area contributed by atoms with Gasteiger partial charge in [-0.3, -0.25) is 0 Å². The van der Waals surface area contributed by atoms with Crippen LogP contribution in [0, 0.1) is 0 Å². The molecule has 0 saturated heterocycles. The maximum atomic E-state index is 12.4. The Morgan fingerprint density at radius 1 is 0.605 bits per heavy atom. The van der Waals surface area contributed by atoms with Gasteiger partial charge in [-0.1, -0.05) is 38.4 Å². The smallest absolute Gasteiger partial charge is 0.338 e. The molecular formula is C30H30O8. The highest BCUT2D eigenvalue weighted by Crippen LogP contribution is 2.37. The molecule has 198 valence electrons. The van der Waals surface area contributed by atoms with Crippen LogP contribution in [0.25, 0.3) is 11.1 Å². The van der Waals surface area contributed by atoms with E-state index in [2.05, 4.69) is 26.3 Å². The number of hydrogen-bond donors (Lipinski definition) is 0. The highest BCUT2D eigenvalue weighted by atomic mass is 16.6. The van der Waals surface area contributed by atoms with Crippen molar-refractivity contribution in [1.82, 2.24) is 0 Å². The molecule has 0 atom stereocenters. The summed E-state index contributed by atoms with van der Waals surface area (Å²) in [5, 5.41) is 0. The van der Waals surface area contributed by atoms with Gasteiger partial charge >= 0.3 is 23.9 Å². The second-order valence-corrected chi connectivity index (χ2v) is 8.70. The van der Waals surface area contributed by atoms with Crippen LogP contribution in [0.4, 0.5) is 0 Å². The minimum absolute atomic E-state index is 0.0410. The summed E-state index contributed by atoms with van der Waals surface area (Å²) in [6, 6.07) is 9.64. The third-order valence-electron chi connectivity index (χ3n) is 4.95. The lowest BCUT2D eigenvalue weighted by atomic mass is 9.97. The van der Waals surface area contributed by atoms with Gasteiger partial charge in [0.2, 0.25) is 0 Å². The maximum Gasteiger partial charge on any atom is 0.338 e. The monoisotopic (exact) mass is 518 g/mol. The van der Waals surface area contributed by atoms with E-state index in [9.17, 15) is 19.2 Å². The van der Waals surface area contributed by atoms with Crippen LogP contribution in [0.1, 0.15) is 38.8 Å². The summed E-state index contributed by atoms with van der Waals surface area (Å²) < 4.78 is 21.4. The largest absolute Gasteiger partial charge is 0.457 e. The second kappa shape index (κ2) is 13.0. The van der Waals surface area contributed by atoms with Crippen LogP contribution in [-0.4, -0.2) is 23.9 Å². The standard InChI is InChI=1S/C30H30O8/c1-17(2)27(31)35-15-21-9-11-24(22(13-21)16-36-28(32)18(3)4)25-12-10-23(37-29(33)19(5)6)14-26(25)38-30(34)20(7)8/h9-14H,1,3,5,7,15-16H2,2,4,6,8H3. The van der Waals surface area contributed by atoms with Crippen molar-refractivity contribution in [3.05, 3.63) is 96.1 Å². The second-order valence-electron chi connectivity index (χ2n) is 8.70. The molecule has 0 heterocycles. The van der Waals surface area contributed by atoms with Gasteiger partial charge in [0, 0.05) is 33.9 Å². The number of benzene rings is 2. The molecule has 0 aliphatic heterocycles. The molecule has 0 bridgehead atoms. The van der Waals surface area contributed by atoms with E-state index in [4.69, 9.17) is 18.9 Å². The first-order chi connectivity index (χ1) is 17.8. The Labute approximate surface area is 221 Å². The van der Waals surface area contributed by atoms with Gasteiger partial charge in [-0.2, -0.15) is 0 Å². The minimum atomic E-state index is -0.687. The van der Waals surface area contributed by atoms with Gasteiger partial charge in [0.05, 0.1) is 0 Å². The van der Waals surface area contributed by atoms with Crippen LogP contribution in [-0.2, 0) is 41.9 Å². The van der Waals surface area contributed by atoms with Gasteiger partial charge in [-0.05, 0) is 62.6 Å². The molecule has 0 aliphatic carbocycles. The van der Waals surface area contributed by atoms with E-state index in [1.807, 2.05) is 0 Å². The highest BCUT2D eigenvalue weighted by molar-refractivity contribution is 5.92. The van der Waals surface area contributed by atoms with E-state index >= 15 is 0 Å². The Kier molecular flexibility index (Phi) is 10.1. The van der Waals surface area contributed by atoms with Crippen molar-refractivity contribution in [1.29, 1.82) is 0 Å². The van der Waals surface area contributed by atoms with Gasteiger partial charge in [0.25, 0.3) is 0 Å². The van der Waals surface area contributed by atoms with Crippen molar-refractivity contribution in [2.24, 2.45) is 0 Å². The van der Waals surface area contributed by atoms with Crippen LogP contribution in [0.3, 0.4) is 0 Å². The number of carbonyl (C=O) groups excluding carboxylic acids is 4. The molecule has 2 rings (SSSR count). The first kappa shape index (κ1) is 29.5. The van der Waals surface area contributed by atoms with Crippen molar-refractivity contribution >= 4 is 23.9 Å². The fraction of sp³-hybridized carbons (Fsp3) is 0.200. The summed E-state index contributed by atoms with van der Waals surface area (Å²) in [7, 11) is 0. The molecule has 0 aliphatic rings. The molecule has 0 fully saturated rings. The third kappa shape index (κ3) is 8.16. The van der Waals surface area contributed by atoms with Crippen molar-refractivity contribution in [3.8, 4) is 22.6 Å². The number of esters is 4. The molecule has 0 radical (unpaired) electrons. The Hall–Kier alpha value is -4.72. The molecule has 0 aromatic heterocycles. The molecule has 0 N–H and O–H groups in total. The molecule has 8 nitrogen and oxygen atoms in total. The van der Waals surface area contributed by atoms with E-state index < -0.39 is 23.9 Å². The summed E-state index contributed by atoms with van der Waals surface area (Å²) >= 11 is 0. The van der Waals surface area contributed by atoms with Gasteiger partial charge in [0.1, 0.15) is 24.7 Å². The SMILES string of the molecule is C=C(C)C(=O)OCc1ccc(-c2ccc(OC(=O)C(=C)C)cc2OC(=O)C(=C)C)c(COC(=O)C(=C)C)c1. The minimum Gasteiger partial charge on any atom is -0.457 e. The van der Waals surface area contributed by atoms with Gasteiger partial charge in [0.15, 0.2) is 0 Å². The van der Waals surface area contributed by atoms with E-state index in [0.717, 1.165) is 0 Å². The van der Waals surface area contributed by atoms with Crippen LogP contribution in [0.5, 0.6) is 11.5 Å². The maximum absolute atomic E-state index is 12.4. The van der Waals surface area contributed by atoms with Crippen LogP contribution in [0.15, 0.2) is 85.0 Å². The summed E-state index contributed by atoms with van der Waals surface area (Å²) in [5.41, 5.74) is 2.98. The van der Waals surface area contributed by atoms with E-state index in [0.29, 0.717) is 22.3 Å². The third-order valence-corrected chi connectivity index (χ3v) is 4.95. The van der Waals surface area contributed by atoms with Crippen molar-refractivity contribution in [3.63, 3.8) is 0 Å².